The van der Waals surface area contributed by atoms with Crippen LogP contribution in [0.3, 0.4) is 0 Å². The van der Waals surface area contributed by atoms with Gasteiger partial charge < -0.3 is 5.32 Å². The molecule has 0 amide bonds. The van der Waals surface area contributed by atoms with E-state index >= 15 is 0 Å². The van der Waals surface area contributed by atoms with E-state index < -0.39 is 0 Å². The molecular formula is C17H19N3. The van der Waals surface area contributed by atoms with E-state index in [2.05, 4.69) is 47.6 Å². The van der Waals surface area contributed by atoms with Gasteiger partial charge >= 0.3 is 0 Å². The lowest BCUT2D eigenvalue weighted by atomic mass is 10.1. The maximum Gasteiger partial charge on any atom is 0.125 e. The Balaban J connectivity index is 0.00000132. The molecule has 3 atom stereocenters. The van der Waals surface area contributed by atoms with Crippen molar-refractivity contribution in [2.45, 2.75) is 6.92 Å². The fourth-order valence-electron chi connectivity index (χ4n) is 3.06. The van der Waals surface area contributed by atoms with Gasteiger partial charge in [0.1, 0.15) is 5.82 Å². The number of rotatable bonds is 2. The molecule has 2 aliphatic carbocycles. The van der Waals surface area contributed by atoms with Crippen LogP contribution in [0.2, 0.25) is 0 Å². The summed E-state index contributed by atoms with van der Waals surface area (Å²) in [7, 11) is 1.87. The molecule has 3 nitrogen and oxygen atoms in total. The van der Waals surface area contributed by atoms with Gasteiger partial charge in [0.25, 0.3) is 0 Å². The van der Waals surface area contributed by atoms with Crippen molar-refractivity contribution in [1.82, 2.24) is 9.97 Å². The minimum Gasteiger partial charge on any atom is -0.373 e. The molecule has 1 saturated carbocycles. The number of fused-ring (bicyclic) bond motifs is 2. The van der Waals surface area contributed by atoms with Crippen molar-refractivity contribution in [3.05, 3.63) is 41.0 Å². The molecule has 0 aliphatic heterocycles. The molecule has 102 valence electrons. The zero-order valence-corrected chi connectivity index (χ0v) is 11.7. The Morgan fingerprint density at radius 1 is 1.10 bits per heavy atom. The predicted molar refractivity (Wildman–Crippen MR) is 83.5 cm³/mol. The molecule has 1 fully saturated rings. The van der Waals surface area contributed by atoms with Gasteiger partial charge in [-0.3, -0.25) is 0 Å². The molecule has 0 radical (unpaired) electrons. The van der Waals surface area contributed by atoms with Crippen molar-refractivity contribution in [1.29, 1.82) is 0 Å². The summed E-state index contributed by atoms with van der Waals surface area (Å²) in [6.07, 6.45) is 6.59. The summed E-state index contributed by atoms with van der Waals surface area (Å²) in [5, 5.41) is 5.44. The summed E-state index contributed by atoms with van der Waals surface area (Å²) < 4.78 is 0. The molecule has 20 heavy (non-hydrogen) atoms. The second kappa shape index (κ2) is 4.17. The lowest BCUT2D eigenvalue weighted by Gasteiger charge is -2.04. The van der Waals surface area contributed by atoms with Crippen molar-refractivity contribution in [2.75, 3.05) is 12.4 Å². The van der Waals surface area contributed by atoms with Gasteiger partial charge in [0, 0.05) is 20.2 Å². The van der Waals surface area contributed by atoms with Gasteiger partial charge in [-0.05, 0) is 41.2 Å². The fourth-order valence-corrected chi connectivity index (χ4v) is 3.06. The van der Waals surface area contributed by atoms with Crippen LogP contribution >= 0.6 is 0 Å². The molecule has 0 bridgehead atoms. The van der Waals surface area contributed by atoms with E-state index in [4.69, 9.17) is 4.98 Å². The smallest absolute Gasteiger partial charge is 0.125 e. The Morgan fingerprint density at radius 2 is 1.95 bits per heavy atom. The molecule has 2 aromatic rings. The first-order valence-electron chi connectivity index (χ1n) is 7.11. The Kier molecular flexibility index (Phi) is 2.43. The van der Waals surface area contributed by atoms with Crippen molar-refractivity contribution in [3.8, 4) is 11.3 Å². The average Bonchev–Trinajstić information content (AvgIpc) is 3.14. The summed E-state index contributed by atoms with van der Waals surface area (Å²) in [4.78, 5) is 9.16. The predicted octanol–water partition coefficient (Wildman–Crippen LogP) is 1.89. The lowest BCUT2D eigenvalue weighted by molar-refractivity contribution is 0.905. The number of anilines is 1. The van der Waals surface area contributed by atoms with E-state index in [0.717, 1.165) is 34.3 Å². The van der Waals surface area contributed by atoms with E-state index in [0.29, 0.717) is 5.92 Å². The van der Waals surface area contributed by atoms with E-state index in [1.54, 1.807) is 0 Å². The highest BCUT2D eigenvalue weighted by Gasteiger charge is 2.44. The van der Waals surface area contributed by atoms with Crippen LogP contribution in [0.4, 0.5) is 5.82 Å². The van der Waals surface area contributed by atoms with E-state index in [1.807, 2.05) is 19.3 Å². The van der Waals surface area contributed by atoms with Gasteiger partial charge in [-0.2, -0.15) is 0 Å². The maximum absolute atomic E-state index is 4.80. The first-order valence-corrected chi connectivity index (χ1v) is 7.11. The summed E-state index contributed by atoms with van der Waals surface area (Å²) in [6.45, 7) is 2.31. The second-order valence-electron chi connectivity index (χ2n) is 5.70. The van der Waals surface area contributed by atoms with E-state index in [-0.39, 0.29) is 1.43 Å². The number of aromatic nitrogens is 2. The van der Waals surface area contributed by atoms with Crippen molar-refractivity contribution in [2.24, 2.45) is 17.8 Å². The van der Waals surface area contributed by atoms with Crippen LogP contribution in [0, 0.1) is 17.8 Å². The van der Waals surface area contributed by atoms with Crippen LogP contribution < -0.4 is 15.9 Å². The Bertz CT molecular complexity index is 783. The maximum atomic E-state index is 4.80. The lowest BCUT2D eigenvalue weighted by Crippen LogP contribution is -2.30. The highest BCUT2D eigenvalue weighted by molar-refractivity contribution is 5.61. The van der Waals surface area contributed by atoms with Crippen LogP contribution in [0.1, 0.15) is 8.35 Å². The highest BCUT2D eigenvalue weighted by atomic mass is 14.9. The zero-order chi connectivity index (χ0) is 13.7. The van der Waals surface area contributed by atoms with Crippen LogP contribution in [-0.2, 0) is 0 Å². The SMILES string of the molecule is CNc1ccc(-c2ccc3c(n2)=CC2C(C)C2C=3)cn1.[HH]. The first-order chi connectivity index (χ1) is 9.76. The van der Waals surface area contributed by atoms with Crippen molar-refractivity contribution >= 4 is 18.0 Å². The van der Waals surface area contributed by atoms with Crippen molar-refractivity contribution < 1.29 is 1.43 Å². The molecule has 1 N–H and O–H groups in total. The third-order valence-electron chi connectivity index (χ3n) is 4.51. The third-order valence-corrected chi connectivity index (χ3v) is 4.51. The molecule has 2 aromatic heterocycles. The summed E-state index contributed by atoms with van der Waals surface area (Å²) >= 11 is 0. The highest BCUT2D eigenvalue weighted by Crippen LogP contribution is 2.48. The molecule has 0 saturated heterocycles. The van der Waals surface area contributed by atoms with E-state index in [9.17, 15) is 0 Å². The van der Waals surface area contributed by atoms with Gasteiger partial charge in [0.15, 0.2) is 0 Å². The molecule has 0 spiro atoms. The van der Waals surface area contributed by atoms with Crippen LogP contribution in [-0.4, -0.2) is 17.0 Å². The first kappa shape index (κ1) is 11.6. The molecule has 3 heteroatoms. The minimum atomic E-state index is 0. The van der Waals surface area contributed by atoms with Gasteiger partial charge in [-0.1, -0.05) is 25.1 Å². The van der Waals surface area contributed by atoms with Crippen molar-refractivity contribution in [3.63, 3.8) is 0 Å². The molecule has 0 aromatic carbocycles. The third kappa shape index (κ3) is 1.73. The quantitative estimate of drug-likeness (QED) is 0.901. The monoisotopic (exact) mass is 265 g/mol. The molecular weight excluding hydrogens is 246 g/mol. The summed E-state index contributed by atoms with van der Waals surface area (Å²) in [5.41, 5.74) is 2.06. The number of nitrogens with zero attached hydrogens (tertiary/aromatic N) is 2. The van der Waals surface area contributed by atoms with Gasteiger partial charge in [-0.15, -0.1) is 0 Å². The summed E-state index contributed by atoms with van der Waals surface area (Å²) in [6, 6.07) is 8.31. The zero-order valence-electron chi connectivity index (χ0n) is 11.7. The van der Waals surface area contributed by atoms with Gasteiger partial charge in [-0.25, -0.2) is 9.97 Å². The van der Waals surface area contributed by atoms with E-state index in [1.165, 1.54) is 5.22 Å². The fraction of sp³-hybridized carbons (Fsp3) is 0.294. The molecule has 3 unspecified atom stereocenters. The Morgan fingerprint density at radius 3 is 2.70 bits per heavy atom. The minimum absolute atomic E-state index is 0. The largest absolute Gasteiger partial charge is 0.373 e. The average molecular weight is 265 g/mol. The number of hydrogen-bond acceptors (Lipinski definition) is 3. The molecule has 2 heterocycles. The Labute approximate surface area is 119 Å². The standard InChI is InChI=1S/C17H17N3.H2/c1-10-13-7-11-3-5-15(20-16(11)8-14(10)13)12-4-6-17(18-2)19-9-12;/h3-10,13-14H,1-2H3,(H,18,19);1H. The molecule has 4 rings (SSSR count). The Hall–Kier alpha value is -2.16. The van der Waals surface area contributed by atoms with Gasteiger partial charge in [0.2, 0.25) is 0 Å². The van der Waals surface area contributed by atoms with Gasteiger partial charge in [0.05, 0.1) is 11.0 Å². The summed E-state index contributed by atoms with van der Waals surface area (Å²) in [5.74, 6) is 3.10. The number of hydrogen-bond donors (Lipinski definition) is 1. The normalized spacial score (nSPS) is 25.8. The second-order valence-corrected chi connectivity index (χ2v) is 5.70. The number of pyridine rings is 2. The van der Waals surface area contributed by atoms with Crippen LogP contribution in [0.15, 0.2) is 30.5 Å². The topological polar surface area (TPSA) is 37.8 Å². The van der Waals surface area contributed by atoms with Crippen LogP contribution in [0.5, 0.6) is 0 Å². The number of nitrogens with one attached hydrogen (secondary N) is 1. The van der Waals surface area contributed by atoms with Crippen LogP contribution in [0.25, 0.3) is 23.4 Å². The molecule has 2 aliphatic rings.